The minimum Gasteiger partial charge on any atom is -0.255 e. The SMILES string of the molecule is CS(=O)(=O)c1ccc(-c2cnc(Cl)cc2F)nc1. The summed E-state index contributed by atoms with van der Waals surface area (Å²) >= 11 is 5.54. The van der Waals surface area contributed by atoms with E-state index in [0.29, 0.717) is 5.69 Å². The van der Waals surface area contributed by atoms with Gasteiger partial charge >= 0.3 is 0 Å². The molecule has 0 amide bonds. The zero-order chi connectivity index (χ0) is 13.3. The van der Waals surface area contributed by atoms with Gasteiger partial charge in [0.2, 0.25) is 0 Å². The van der Waals surface area contributed by atoms with E-state index in [1.807, 2.05) is 0 Å². The lowest BCUT2D eigenvalue weighted by molar-refractivity contribution is 0.601. The molecule has 0 saturated heterocycles. The van der Waals surface area contributed by atoms with Crippen molar-refractivity contribution in [2.24, 2.45) is 0 Å². The molecular formula is C11H8ClFN2O2S. The summed E-state index contributed by atoms with van der Waals surface area (Å²) in [6.45, 7) is 0. The second-order valence-corrected chi connectivity index (χ2v) is 6.04. The Hall–Kier alpha value is -1.53. The van der Waals surface area contributed by atoms with Crippen LogP contribution in [0.15, 0.2) is 35.5 Å². The van der Waals surface area contributed by atoms with Crippen LogP contribution in [0.25, 0.3) is 11.3 Å². The Labute approximate surface area is 108 Å². The van der Waals surface area contributed by atoms with Gasteiger partial charge in [0.25, 0.3) is 0 Å². The highest BCUT2D eigenvalue weighted by Gasteiger charge is 2.11. The van der Waals surface area contributed by atoms with Crippen LogP contribution in [0.5, 0.6) is 0 Å². The van der Waals surface area contributed by atoms with Gasteiger partial charge in [0.05, 0.1) is 16.2 Å². The van der Waals surface area contributed by atoms with Crippen LogP contribution in [0.4, 0.5) is 4.39 Å². The second-order valence-electron chi connectivity index (χ2n) is 3.64. The van der Waals surface area contributed by atoms with Gasteiger partial charge in [-0.3, -0.25) is 4.98 Å². The molecule has 0 atom stereocenters. The van der Waals surface area contributed by atoms with Gasteiger partial charge in [-0.25, -0.2) is 17.8 Å². The predicted octanol–water partition coefficient (Wildman–Crippen LogP) is 2.34. The molecule has 0 unspecified atom stereocenters. The van der Waals surface area contributed by atoms with E-state index >= 15 is 0 Å². The van der Waals surface area contributed by atoms with E-state index < -0.39 is 15.7 Å². The van der Waals surface area contributed by atoms with E-state index in [-0.39, 0.29) is 15.6 Å². The maximum atomic E-state index is 13.6. The highest BCUT2D eigenvalue weighted by molar-refractivity contribution is 7.90. The molecule has 2 aromatic rings. The summed E-state index contributed by atoms with van der Waals surface area (Å²) in [4.78, 5) is 7.74. The highest BCUT2D eigenvalue weighted by atomic mass is 35.5. The molecule has 0 bridgehead atoms. The first-order valence-electron chi connectivity index (χ1n) is 4.85. The van der Waals surface area contributed by atoms with Gasteiger partial charge in [-0.1, -0.05) is 11.6 Å². The third-order valence-corrected chi connectivity index (χ3v) is 3.57. The molecule has 0 spiro atoms. The monoisotopic (exact) mass is 286 g/mol. The Kier molecular flexibility index (Phi) is 3.32. The van der Waals surface area contributed by atoms with E-state index in [0.717, 1.165) is 12.3 Å². The largest absolute Gasteiger partial charge is 0.255 e. The average Bonchev–Trinajstić information content (AvgIpc) is 2.28. The van der Waals surface area contributed by atoms with Crippen LogP contribution < -0.4 is 0 Å². The number of rotatable bonds is 2. The molecule has 0 aliphatic rings. The number of hydrogen-bond donors (Lipinski definition) is 0. The third kappa shape index (κ3) is 2.65. The summed E-state index contributed by atoms with van der Waals surface area (Å²) in [5, 5.41) is 0.0454. The van der Waals surface area contributed by atoms with Gasteiger partial charge in [0.1, 0.15) is 11.0 Å². The lowest BCUT2D eigenvalue weighted by Crippen LogP contribution is -1.98. The summed E-state index contributed by atoms with van der Waals surface area (Å²) in [6, 6.07) is 3.86. The second kappa shape index (κ2) is 4.62. The van der Waals surface area contributed by atoms with Gasteiger partial charge in [0, 0.05) is 24.7 Å². The Morgan fingerprint density at radius 2 is 1.94 bits per heavy atom. The first-order valence-corrected chi connectivity index (χ1v) is 7.12. The molecule has 7 heteroatoms. The summed E-state index contributed by atoms with van der Waals surface area (Å²) in [5.74, 6) is -0.561. The molecule has 4 nitrogen and oxygen atoms in total. The fourth-order valence-corrected chi connectivity index (χ4v) is 2.06. The molecule has 0 saturated carbocycles. The van der Waals surface area contributed by atoms with Crippen LogP contribution in [-0.2, 0) is 9.84 Å². The molecule has 2 rings (SSSR count). The highest BCUT2D eigenvalue weighted by Crippen LogP contribution is 2.22. The minimum atomic E-state index is -3.31. The smallest absolute Gasteiger partial charge is 0.177 e. The summed E-state index contributed by atoms with van der Waals surface area (Å²) in [5.41, 5.74) is 0.462. The van der Waals surface area contributed by atoms with Crippen LogP contribution >= 0.6 is 11.6 Å². The molecule has 2 aromatic heterocycles. The Morgan fingerprint density at radius 3 is 2.44 bits per heavy atom. The Balaban J connectivity index is 2.47. The first-order chi connectivity index (χ1) is 8.38. The van der Waals surface area contributed by atoms with Crippen molar-refractivity contribution in [3.63, 3.8) is 0 Å². The molecule has 2 heterocycles. The Bertz CT molecular complexity index is 687. The molecule has 0 radical (unpaired) electrons. The number of aromatic nitrogens is 2. The number of pyridine rings is 2. The molecule has 0 aliphatic carbocycles. The van der Waals surface area contributed by atoms with E-state index in [1.165, 1.54) is 24.5 Å². The van der Waals surface area contributed by atoms with Crippen LogP contribution in [0, 0.1) is 5.82 Å². The van der Waals surface area contributed by atoms with Crippen LogP contribution in [-0.4, -0.2) is 24.6 Å². The van der Waals surface area contributed by atoms with E-state index in [2.05, 4.69) is 9.97 Å². The van der Waals surface area contributed by atoms with Crippen molar-refractivity contribution in [3.05, 3.63) is 41.6 Å². The molecule has 18 heavy (non-hydrogen) atoms. The van der Waals surface area contributed by atoms with Crippen molar-refractivity contribution in [1.29, 1.82) is 0 Å². The first kappa shape index (κ1) is 12.9. The fraction of sp³-hybridized carbons (Fsp3) is 0.0909. The number of nitrogens with zero attached hydrogens (tertiary/aromatic N) is 2. The predicted molar refractivity (Wildman–Crippen MR) is 65.5 cm³/mol. The summed E-state index contributed by atoms with van der Waals surface area (Å²) in [6.07, 6.45) is 3.51. The molecule has 0 aliphatic heterocycles. The van der Waals surface area contributed by atoms with Crippen LogP contribution in [0.3, 0.4) is 0 Å². The lowest BCUT2D eigenvalue weighted by Gasteiger charge is -2.03. The normalized spacial score (nSPS) is 11.5. The van der Waals surface area contributed by atoms with E-state index in [9.17, 15) is 12.8 Å². The quantitative estimate of drug-likeness (QED) is 0.795. The van der Waals surface area contributed by atoms with Gasteiger partial charge in [-0.05, 0) is 12.1 Å². The van der Waals surface area contributed by atoms with Crippen molar-refractivity contribution in [2.75, 3.05) is 6.26 Å². The van der Waals surface area contributed by atoms with Crippen molar-refractivity contribution in [2.45, 2.75) is 4.90 Å². The van der Waals surface area contributed by atoms with Crippen molar-refractivity contribution >= 4 is 21.4 Å². The topological polar surface area (TPSA) is 59.9 Å². The Morgan fingerprint density at radius 1 is 1.22 bits per heavy atom. The zero-order valence-electron chi connectivity index (χ0n) is 9.26. The van der Waals surface area contributed by atoms with Crippen molar-refractivity contribution < 1.29 is 12.8 Å². The molecule has 0 fully saturated rings. The van der Waals surface area contributed by atoms with Crippen molar-refractivity contribution in [1.82, 2.24) is 9.97 Å². The standard InChI is InChI=1S/C11H8ClFN2O2S/c1-18(16,17)7-2-3-10(14-5-7)8-6-15-11(12)4-9(8)13/h2-6H,1H3. The number of halogens is 2. The third-order valence-electron chi connectivity index (χ3n) is 2.26. The maximum absolute atomic E-state index is 13.6. The maximum Gasteiger partial charge on any atom is 0.177 e. The zero-order valence-corrected chi connectivity index (χ0v) is 10.8. The molecule has 0 N–H and O–H groups in total. The van der Waals surface area contributed by atoms with Gasteiger partial charge in [0.15, 0.2) is 9.84 Å². The minimum absolute atomic E-state index is 0.0454. The van der Waals surface area contributed by atoms with Gasteiger partial charge in [-0.15, -0.1) is 0 Å². The lowest BCUT2D eigenvalue weighted by atomic mass is 10.2. The number of hydrogen-bond acceptors (Lipinski definition) is 4. The molecule has 94 valence electrons. The van der Waals surface area contributed by atoms with E-state index in [1.54, 1.807) is 0 Å². The van der Waals surface area contributed by atoms with Crippen LogP contribution in [0.1, 0.15) is 0 Å². The molecular weight excluding hydrogens is 279 g/mol. The van der Waals surface area contributed by atoms with Crippen LogP contribution in [0.2, 0.25) is 5.15 Å². The summed E-state index contributed by atoms with van der Waals surface area (Å²) < 4.78 is 36.1. The fourth-order valence-electron chi connectivity index (χ4n) is 1.35. The number of sulfone groups is 1. The average molecular weight is 287 g/mol. The summed E-state index contributed by atoms with van der Waals surface area (Å²) in [7, 11) is -3.31. The van der Waals surface area contributed by atoms with E-state index in [4.69, 9.17) is 11.6 Å². The van der Waals surface area contributed by atoms with Gasteiger partial charge in [-0.2, -0.15) is 0 Å². The van der Waals surface area contributed by atoms with Gasteiger partial charge < -0.3 is 0 Å². The van der Waals surface area contributed by atoms with Crippen molar-refractivity contribution in [3.8, 4) is 11.3 Å². The molecule has 0 aromatic carbocycles.